The number of aliphatic imine (C=N–C) groups is 1. The number of hydrogen-bond donors (Lipinski definition) is 3. The summed E-state index contributed by atoms with van der Waals surface area (Å²) in [7, 11) is 0. The van der Waals surface area contributed by atoms with E-state index in [9.17, 15) is 10.1 Å². The Morgan fingerprint density at radius 1 is 1.27 bits per heavy atom. The molecule has 0 radical (unpaired) electrons. The van der Waals surface area contributed by atoms with E-state index in [0.717, 1.165) is 45.4 Å². The molecule has 0 aromatic heterocycles. The Labute approximate surface area is 154 Å². The molecule has 3 N–H and O–H groups in total. The van der Waals surface area contributed by atoms with Crippen LogP contribution in [0.25, 0.3) is 0 Å². The van der Waals surface area contributed by atoms with E-state index in [-0.39, 0.29) is 10.6 Å². The summed E-state index contributed by atoms with van der Waals surface area (Å²) in [6.07, 6.45) is 0. The first-order valence-corrected chi connectivity index (χ1v) is 9.00. The minimum absolute atomic E-state index is 0.0820. The first kappa shape index (κ1) is 19.9. The van der Waals surface area contributed by atoms with E-state index >= 15 is 0 Å². The quantitative estimate of drug-likeness (QED) is 0.197. The summed E-state index contributed by atoms with van der Waals surface area (Å²) in [5, 5.41) is 20.5. The van der Waals surface area contributed by atoms with Gasteiger partial charge >= 0.3 is 0 Å². The third-order valence-electron chi connectivity index (χ3n) is 3.97. The molecule has 1 aromatic carbocycles. The number of rotatable bonds is 9. The molecular weight excluding hydrogens is 336 g/mol. The maximum absolute atomic E-state index is 11.0. The van der Waals surface area contributed by atoms with Crippen LogP contribution < -0.4 is 16.0 Å². The molecule has 0 atom stereocenters. The van der Waals surface area contributed by atoms with E-state index in [2.05, 4.69) is 25.8 Å². The van der Waals surface area contributed by atoms with E-state index in [1.807, 2.05) is 6.92 Å². The van der Waals surface area contributed by atoms with Gasteiger partial charge in [0.05, 0.1) is 24.7 Å². The molecule has 9 heteroatoms. The maximum atomic E-state index is 11.0. The second-order valence-corrected chi connectivity index (χ2v) is 5.84. The minimum Gasteiger partial charge on any atom is -0.379 e. The van der Waals surface area contributed by atoms with Gasteiger partial charge in [-0.1, -0.05) is 12.1 Å². The second kappa shape index (κ2) is 11.3. The maximum Gasteiger partial charge on any atom is 0.292 e. The fourth-order valence-corrected chi connectivity index (χ4v) is 2.63. The number of guanidine groups is 1. The van der Waals surface area contributed by atoms with Crippen LogP contribution in [0, 0.1) is 10.1 Å². The van der Waals surface area contributed by atoms with Crippen molar-refractivity contribution < 1.29 is 9.66 Å². The van der Waals surface area contributed by atoms with Gasteiger partial charge in [-0.05, 0) is 13.0 Å². The van der Waals surface area contributed by atoms with Crippen LogP contribution in [0.1, 0.15) is 6.92 Å². The molecule has 2 rings (SSSR count). The van der Waals surface area contributed by atoms with Crippen molar-refractivity contribution in [3.05, 3.63) is 34.4 Å². The molecule has 0 amide bonds. The van der Waals surface area contributed by atoms with Crippen molar-refractivity contribution in [3.8, 4) is 0 Å². The number of hydrogen-bond acceptors (Lipinski definition) is 6. The lowest BCUT2D eigenvalue weighted by Gasteiger charge is -2.25. The normalized spacial score (nSPS) is 15.5. The molecule has 0 unspecified atom stereocenters. The van der Waals surface area contributed by atoms with E-state index in [1.165, 1.54) is 6.07 Å². The zero-order chi connectivity index (χ0) is 18.6. The topological polar surface area (TPSA) is 104 Å². The SMILES string of the molecule is CCNC(=NCCN1CCOCC1)NCCNc1ccccc1[N+](=O)[O-]. The number of morpholine rings is 1. The fraction of sp³-hybridized carbons (Fsp3) is 0.588. The Kier molecular flexibility index (Phi) is 8.64. The summed E-state index contributed by atoms with van der Waals surface area (Å²) in [4.78, 5) is 17.5. The highest BCUT2D eigenvalue weighted by molar-refractivity contribution is 5.79. The lowest BCUT2D eigenvalue weighted by molar-refractivity contribution is -0.384. The largest absolute Gasteiger partial charge is 0.379 e. The Morgan fingerprint density at radius 3 is 2.77 bits per heavy atom. The van der Waals surface area contributed by atoms with E-state index < -0.39 is 0 Å². The van der Waals surface area contributed by atoms with Gasteiger partial charge in [0.15, 0.2) is 5.96 Å². The highest BCUT2D eigenvalue weighted by atomic mass is 16.6. The first-order chi connectivity index (χ1) is 12.7. The number of ether oxygens (including phenoxy) is 1. The molecule has 1 aromatic rings. The van der Waals surface area contributed by atoms with Crippen LogP contribution in [0.2, 0.25) is 0 Å². The lowest BCUT2D eigenvalue weighted by Crippen LogP contribution is -2.41. The highest BCUT2D eigenvalue weighted by Gasteiger charge is 2.11. The molecule has 0 spiro atoms. The van der Waals surface area contributed by atoms with Gasteiger partial charge in [0, 0.05) is 45.3 Å². The molecule has 1 heterocycles. The smallest absolute Gasteiger partial charge is 0.292 e. The third kappa shape index (κ3) is 6.85. The highest BCUT2D eigenvalue weighted by Crippen LogP contribution is 2.22. The van der Waals surface area contributed by atoms with Gasteiger partial charge in [-0.25, -0.2) is 0 Å². The second-order valence-electron chi connectivity index (χ2n) is 5.84. The summed E-state index contributed by atoms with van der Waals surface area (Å²) in [5.74, 6) is 0.755. The van der Waals surface area contributed by atoms with Crippen LogP contribution in [0.5, 0.6) is 0 Å². The molecule has 26 heavy (non-hydrogen) atoms. The molecular formula is C17H28N6O3. The molecule has 9 nitrogen and oxygen atoms in total. The number of anilines is 1. The molecule has 1 aliphatic rings. The van der Waals surface area contributed by atoms with E-state index in [4.69, 9.17) is 4.74 Å². The van der Waals surface area contributed by atoms with Crippen molar-refractivity contribution in [2.24, 2.45) is 4.99 Å². The van der Waals surface area contributed by atoms with Crippen molar-refractivity contribution >= 4 is 17.3 Å². The molecule has 0 saturated carbocycles. The molecule has 1 saturated heterocycles. The van der Waals surface area contributed by atoms with Gasteiger partial charge in [0.1, 0.15) is 5.69 Å². The Bertz CT molecular complexity index is 590. The number of nitrogens with one attached hydrogen (secondary N) is 3. The van der Waals surface area contributed by atoms with Crippen LogP contribution in [-0.4, -0.2) is 74.8 Å². The first-order valence-electron chi connectivity index (χ1n) is 9.00. The molecule has 144 valence electrons. The predicted octanol–water partition coefficient (Wildman–Crippen LogP) is 0.894. The van der Waals surface area contributed by atoms with Crippen molar-refractivity contribution in [1.82, 2.24) is 15.5 Å². The zero-order valence-electron chi connectivity index (χ0n) is 15.2. The van der Waals surface area contributed by atoms with Crippen LogP contribution >= 0.6 is 0 Å². The molecule has 0 aliphatic carbocycles. The summed E-state index contributed by atoms with van der Waals surface area (Å²) in [5.41, 5.74) is 0.604. The third-order valence-corrected chi connectivity index (χ3v) is 3.97. The van der Waals surface area contributed by atoms with Gasteiger partial charge < -0.3 is 20.7 Å². The summed E-state index contributed by atoms with van der Waals surface area (Å²) in [6.45, 7) is 9.08. The summed E-state index contributed by atoms with van der Waals surface area (Å²) >= 11 is 0. The Hall–Kier alpha value is -2.39. The Morgan fingerprint density at radius 2 is 2.04 bits per heavy atom. The average Bonchev–Trinajstić information content (AvgIpc) is 2.66. The minimum atomic E-state index is -0.382. The number of para-hydroxylation sites is 2. The van der Waals surface area contributed by atoms with Gasteiger partial charge in [-0.2, -0.15) is 0 Å². The van der Waals surface area contributed by atoms with E-state index in [0.29, 0.717) is 25.3 Å². The number of nitrogens with zero attached hydrogens (tertiary/aromatic N) is 3. The monoisotopic (exact) mass is 364 g/mol. The van der Waals surface area contributed by atoms with Crippen LogP contribution in [-0.2, 0) is 4.74 Å². The zero-order valence-corrected chi connectivity index (χ0v) is 15.2. The van der Waals surface area contributed by atoms with Gasteiger partial charge in [0.25, 0.3) is 5.69 Å². The number of nitro groups is 1. The number of benzene rings is 1. The summed E-state index contributed by atoms with van der Waals surface area (Å²) in [6, 6.07) is 6.64. The standard InChI is InChI=1S/C17H28N6O3/c1-2-18-17(21-9-10-22-11-13-26-14-12-22)20-8-7-19-15-5-3-4-6-16(15)23(24)25/h3-6,19H,2,7-14H2,1H3,(H2,18,20,21). The van der Waals surface area contributed by atoms with Crippen LogP contribution in [0.4, 0.5) is 11.4 Å². The summed E-state index contributed by atoms with van der Waals surface area (Å²) < 4.78 is 5.34. The van der Waals surface area contributed by atoms with Gasteiger partial charge in [-0.15, -0.1) is 0 Å². The molecule has 1 aliphatic heterocycles. The van der Waals surface area contributed by atoms with Gasteiger partial charge in [-0.3, -0.25) is 20.0 Å². The average molecular weight is 364 g/mol. The van der Waals surface area contributed by atoms with Gasteiger partial charge in [0.2, 0.25) is 0 Å². The van der Waals surface area contributed by atoms with Crippen molar-refractivity contribution in [3.63, 3.8) is 0 Å². The lowest BCUT2D eigenvalue weighted by atomic mass is 10.2. The van der Waals surface area contributed by atoms with Crippen molar-refractivity contribution in [1.29, 1.82) is 0 Å². The van der Waals surface area contributed by atoms with Crippen molar-refractivity contribution in [2.75, 3.05) is 64.3 Å². The number of nitro benzene ring substituents is 1. The molecule has 1 fully saturated rings. The van der Waals surface area contributed by atoms with Crippen molar-refractivity contribution in [2.45, 2.75) is 6.92 Å². The van der Waals surface area contributed by atoms with Crippen LogP contribution in [0.15, 0.2) is 29.3 Å². The van der Waals surface area contributed by atoms with Crippen LogP contribution in [0.3, 0.4) is 0 Å². The van der Waals surface area contributed by atoms with E-state index in [1.54, 1.807) is 18.2 Å². The predicted molar refractivity (Wildman–Crippen MR) is 103 cm³/mol. The fourth-order valence-electron chi connectivity index (χ4n) is 2.63. The Balaban J connectivity index is 1.73. The molecule has 0 bridgehead atoms.